The highest BCUT2D eigenvalue weighted by Gasteiger charge is 2.65. The highest BCUT2D eigenvalue weighted by atomic mass is 16.7. The summed E-state index contributed by atoms with van der Waals surface area (Å²) < 4.78 is 63.5. The third-order valence-electron chi connectivity index (χ3n) is 15.0. The van der Waals surface area contributed by atoms with Crippen molar-refractivity contribution in [3.05, 3.63) is 47.6 Å². The molecule has 1 aliphatic carbocycles. The summed E-state index contributed by atoms with van der Waals surface area (Å²) >= 11 is 0. The lowest BCUT2D eigenvalue weighted by molar-refractivity contribution is -0.318. The van der Waals surface area contributed by atoms with Crippen LogP contribution in [0.2, 0.25) is 0 Å². The molecule has 6 aliphatic heterocycles. The van der Waals surface area contributed by atoms with Gasteiger partial charge in [0.2, 0.25) is 0 Å². The van der Waals surface area contributed by atoms with E-state index in [0.717, 1.165) is 12.0 Å². The first kappa shape index (κ1) is 48.8. The third-order valence-corrected chi connectivity index (χ3v) is 15.0. The lowest BCUT2D eigenvalue weighted by Gasteiger charge is -2.50. The van der Waals surface area contributed by atoms with Gasteiger partial charge in [-0.2, -0.15) is 0 Å². The number of hydrogen-bond acceptors (Lipinski definition) is 15. The van der Waals surface area contributed by atoms with Gasteiger partial charge in [-0.15, -0.1) is 0 Å². The van der Waals surface area contributed by atoms with Crippen molar-refractivity contribution in [2.24, 2.45) is 23.7 Å². The molecule has 15 nitrogen and oxygen atoms in total. The zero-order chi connectivity index (χ0) is 45.6. The fourth-order valence-corrected chi connectivity index (χ4v) is 10.9. The molecule has 21 atom stereocenters. The van der Waals surface area contributed by atoms with Crippen molar-refractivity contribution in [2.75, 3.05) is 20.8 Å². The number of aliphatic hydroxyl groups excluding tert-OH is 2. The van der Waals surface area contributed by atoms with E-state index in [1.165, 1.54) is 6.92 Å². The molecule has 4 saturated heterocycles. The summed E-state index contributed by atoms with van der Waals surface area (Å²) in [4.78, 5) is 14.4. The molecule has 2 bridgehead atoms. The number of ether oxygens (including phenoxy) is 10. The van der Waals surface area contributed by atoms with Gasteiger partial charge in [0.15, 0.2) is 18.4 Å². The minimum absolute atomic E-state index is 0.0566. The van der Waals surface area contributed by atoms with E-state index in [0.29, 0.717) is 31.3 Å². The number of carbonyl (C=O) groups is 1. The van der Waals surface area contributed by atoms with Crippen LogP contribution in [-0.2, 0) is 52.2 Å². The van der Waals surface area contributed by atoms with Gasteiger partial charge in [0.25, 0.3) is 0 Å². The lowest BCUT2D eigenvalue weighted by Crippen LogP contribution is -2.66. The SMILES string of the molecule is CC[C@H](C)[C@H]1O[C@]2(C=C[C@@H]1C)C[C@@H]1C[C@@H](C/C=C(\C)[C@@H](O[C@H]3C[C@H](OC)[C@@H](O[C@H]4C[C@H](OC)[C@@H](O)[C@H](C)O4)[C@H](C)O3)[C@@H](C)/C=C/C=C3\CO[C@@H]4[C@H](O)[C@](C)(O)C[C@@H](C(=O)O1)[C@]34O)O2. The number of hydrogen-bond donors (Lipinski definition) is 4. The van der Waals surface area contributed by atoms with Crippen molar-refractivity contribution in [3.8, 4) is 0 Å². The van der Waals surface area contributed by atoms with Gasteiger partial charge in [-0.05, 0) is 63.7 Å². The molecular formula is C48H74O15. The molecule has 63 heavy (non-hydrogen) atoms. The van der Waals surface area contributed by atoms with Crippen LogP contribution in [0.25, 0.3) is 0 Å². The second kappa shape index (κ2) is 19.6. The highest BCUT2D eigenvalue weighted by Crippen LogP contribution is 2.50. The molecule has 356 valence electrons. The highest BCUT2D eigenvalue weighted by molar-refractivity contribution is 5.76. The molecule has 15 heteroatoms. The quantitative estimate of drug-likeness (QED) is 0.196. The van der Waals surface area contributed by atoms with E-state index in [1.54, 1.807) is 27.2 Å². The Bertz CT molecular complexity index is 1710. The zero-order valence-corrected chi connectivity index (χ0v) is 38.8. The van der Waals surface area contributed by atoms with Crippen LogP contribution in [0.1, 0.15) is 100 Å². The molecule has 0 unspecified atom stereocenters. The molecule has 7 rings (SSSR count). The van der Waals surface area contributed by atoms with Gasteiger partial charge in [-0.3, -0.25) is 4.79 Å². The van der Waals surface area contributed by atoms with Crippen molar-refractivity contribution in [2.45, 2.75) is 203 Å². The molecule has 0 aromatic rings. The topological polar surface area (TPSA) is 190 Å². The second-order valence-electron chi connectivity index (χ2n) is 19.7. The first-order valence-corrected chi connectivity index (χ1v) is 23.2. The maximum absolute atomic E-state index is 14.4. The van der Waals surface area contributed by atoms with Crippen LogP contribution >= 0.6 is 0 Å². The zero-order valence-electron chi connectivity index (χ0n) is 38.8. The molecule has 0 aromatic heterocycles. The van der Waals surface area contributed by atoms with Crippen LogP contribution in [0.5, 0.6) is 0 Å². The van der Waals surface area contributed by atoms with E-state index >= 15 is 0 Å². The van der Waals surface area contributed by atoms with Gasteiger partial charge >= 0.3 is 5.97 Å². The molecule has 0 aromatic carbocycles. The Balaban J connectivity index is 1.19. The monoisotopic (exact) mass is 891 g/mol. The Morgan fingerprint density at radius 1 is 0.889 bits per heavy atom. The maximum atomic E-state index is 14.4. The number of methoxy groups -OCH3 is 2. The summed E-state index contributed by atoms with van der Waals surface area (Å²) in [5.41, 5.74) is -2.34. The third kappa shape index (κ3) is 9.98. The van der Waals surface area contributed by atoms with E-state index in [-0.39, 0.29) is 43.3 Å². The summed E-state index contributed by atoms with van der Waals surface area (Å²) in [7, 11) is 3.20. The van der Waals surface area contributed by atoms with E-state index < -0.39 is 109 Å². The molecule has 1 spiro atoms. The predicted octanol–water partition coefficient (Wildman–Crippen LogP) is 4.57. The van der Waals surface area contributed by atoms with Crippen LogP contribution in [-0.4, -0.2) is 150 Å². The minimum atomic E-state index is -1.94. The van der Waals surface area contributed by atoms with Crippen LogP contribution in [0, 0.1) is 23.7 Å². The van der Waals surface area contributed by atoms with Crippen molar-refractivity contribution < 1.29 is 72.6 Å². The van der Waals surface area contributed by atoms with Crippen molar-refractivity contribution >= 4 is 5.97 Å². The maximum Gasteiger partial charge on any atom is 0.312 e. The number of rotatable bonds is 8. The van der Waals surface area contributed by atoms with E-state index in [2.05, 4.69) is 32.9 Å². The molecule has 4 N–H and O–H groups in total. The van der Waals surface area contributed by atoms with E-state index in [9.17, 15) is 25.2 Å². The van der Waals surface area contributed by atoms with Crippen LogP contribution < -0.4 is 0 Å². The molecule has 0 amide bonds. The Morgan fingerprint density at radius 2 is 1.59 bits per heavy atom. The largest absolute Gasteiger partial charge is 0.462 e. The molecule has 0 radical (unpaired) electrons. The number of esters is 1. The number of carbonyl (C=O) groups excluding carboxylic acids is 1. The second-order valence-corrected chi connectivity index (χ2v) is 19.7. The standard InChI is InChI=1S/C48H74O15/c1-11-25(2)41-28(5)17-18-47(63-41)22-33-19-32(62-47)16-15-27(4)40(60-38-21-36(55-10)42(30(7)58-38)61-37-20-35(54-9)39(49)29(6)57-37)26(3)13-12-14-31-24-56-44-43(50)46(8,52)23-34(45(51)59-33)48(31,44)53/h12-15,17-18,25-26,28-30,32-44,49-50,52-53H,11,16,19-24H2,1-10H3/b13-12+,27-15+,31-14+/t25-,26-,28-,29-,30-,32+,33-,34-,35-,36-,37-,38-,39-,40-,41+,42-,43-,44+,46+,47+,48+/m0/s1. The van der Waals surface area contributed by atoms with E-state index in [1.807, 2.05) is 39.0 Å². The van der Waals surface area contributed by atoms with Crippen molar-refractivity contribution in [1.82, 2.24) is 0 Å². The summed E-state index contributed by atoms with van der Waals surface area (Å²) in [6.45, 7) is 15.6. The molecule has 7 aliphatic rings. The fourth-order valence-electron chi connectivity index (χ4n) is 10.9. The molecule has 5 fully saturated rings. The summed E-state index contributed by atoms with van der Waals surface area (Å²) in [5.74, 6) is -2.90. The number of fused-ring (bicyclic) bond motifs is 2. The Kier molecular flexibility index (Phi) is 15.2. The summed E-state index contributed by atoms with van der Waals surface area (Å²) in [6.07, 6.45) is 5.48. The molecular weight excluding hydrogens is 817 g/mol. The predicted molar refractivity (Wildman–Crippen MR) is 229 cm³/mol. The van der Waals surface area contributed by atoms with Gasteiger partial charge in [0.1, 0.15) is 36.1 Å². The van der Waals surface area contributed by atoms with Gasteiger partial charge in [0, 0.05) is 51.7 Å². The average Bonchev–Trinajstić information content (AvgIpc) is 3.58. The lowest BCUT2D eigenvalue weighted by atomic mass is 9.64. The van der Waals surface area contributed by atoms with Gasteiger partial charge < -0.3 is 67.8 Å². The van der Waals surface area contributed by atoms with Crippen LogP contribution in [0.4, 0.5) is 0 Å². The Morgan fingerprint density at radius 3 is 2.30 bits per heavy atom. The van der Waals surface area contributed by atoms with Crippen LogP contribution in [0.15, 0.2) is 47.6 Å². The molecule has 1 saturated carbocycles. The number of aliphatic hydroxyl groups is 4. The first-order chi connectivity index (χ1) is 29.8. The van der Waals surface area contributed by atoms with Gasteiger partial charge in [-0.25, -0.2) is 0 Å². The average molecular weight is 891 g/mol. The smallest absolute Gasteiger partial charge is 0.312 e. The first-order valence-electron chi connectivity index (χ1n) is 23.2. The summed E-state index contributed by atoms with van der Waals surface area (Å²) in [5, 5.41) is 45.7. The van der Waals surface area contributed by atoms with Gasteiger partial charge in [0.05, 0.1) is 60.9 Å². The van der Waals surface area contributed by atoms with Crippen molar-refractivity contribution in [3.63, 3.8) is 0 Å². The fraction of sp³-hybridized carbons (Fsp3) is 0.812. The van der Waals surface area contributed by atoms with Gasteiger partial charge in [-0.1, -0.05) is 64.5 Å². The van der Waals surface area contributed by atoms with E-state index in [4.69, 9.17) is 47.4 Å². The summed E-state index contributed by atoms with van der Waals surface area (Å²) in [6, 6.07) is 0. The Labute approximate surface area is 373 Å². The van der Waals surface area contributed by atoms with Crippen LogP contribution in [0.3, 0.4) is 0 Å². The molecule has 6 heterocycles. The minimum Gasteiger partial charge on any atom is -0.462 e. The van der Waals surface area contributed by atoms with Crippen molar-refractivity contribution in [1.29, 1.82) is 0 Å². The Hall–Kier alpha value is -2.09. The normalized spacial score (nSPS) is 51.0. The number of allylic oxidation sites excluding steroid dienone is 2.